The Bertz CT molecular complexity index is 259. The van der Waals surface area contributed by atoms with Gasteiger partial charge in [0.1, 0.15) is 6.10 Å². The summed E-state index contributed by atoms with van der Waals surface area (Å²) < 4.78 is 51.8. The number of hydrogen-bond donors (Lipinski definition) is 2. The molecule has 2 aliphatic rings. The monoisotopic (exact) mass is 227 g/mol. The van der Waals surface area contributed by atoms with Crippen molar-refractivity contribution in [1.29, 1.82) is 0 Å². The van der Waals surface area contributed by atoms with E-state index in [9.17, 15) is 22.7 Å². The molecule has 2 fully saturated rings. The first-order valence-electron chi connectivity index (χ1n) is 4.96. The van der Waals surface area contributed by atoms with Gasteiger partial charge in [-0.2, -0.15) is 0 Å². The highest BCUT2D eigenvalue weighted by Crippen LogP contribution is 2.45. The van der Waals surface area contributed by atoms with Crippen LogP contribution in [0.2, 0.25) is 0 Å². The molecule has 0 amide bonds. The van der Waals surface area contributed by atoms with E-state index in [-0.39, 0.29) is 12.8 Å². The molecule has 1 saturated heterocycles. The number of halogens is 4. The van der Waals surface area contributed by atoms with Crippen LogP contribution in [0.1, 0.15) is 25.7 Å². The summed E-state index contributed by atoms with van der Waals surface area (Å²) in [6.07, 6.45) is -2.92. The Morgan fingerprint density at radius 2 is 1.53 bits per heavy atom. The molecule has 2 rings (SSSR count). The second-order valence-corrected chi connectivity index (χ2v) is 4.53. The Morgan fingerprint density at radius 1 is 1.00 bits per heavy atom. The van der Waals surface area contributed by atoms with Gasteiger partial charge in [-0.1, -0.05) is 0 Å². The van der Waals surface area contributed by atoms with E-state index >= 15 is 0 Å². The first-order chi connectivity index (χ1) is 6.78. The number of aliphatic hydroxyl groups is 1. The van der Waals surface area contributed by atoms with Crippen LogP contribution >= 0.6 is 0 Å². The molecule has 88 valence electrons. The first kappa shape index (κ1) is 11.1. The Labute approximate surface area is 84.7 Å². The van der Waals surface area contributed by atoms with Crippen LogP contribution in [0.25, 0.3) is 0 Å². The molecule has 1 saturated carbocycles. The van der Waals surface area contributed by atoms with E-state index in [0.717, 1.165) is 0 Å². The highest BCUT2D eigenvalue weighted by molar-refractivity contribution is 5.10. The van der Waals surface area contributed by atoms with Crippen molar-refractivity contribution in [3.8, 4) is 0 Å². The highest BCUT2D eigenvalue weighted by Gasteiger charge is 2.60. The van der Waals surface area contributed by atoms with Crippen molar-refractivity contribution in [3.63, 3.8) is 0 Å². The minimum Gasteiger partial charge on any atom is -0.385 e. The van der Waals surface area contributed by atoms with Crippen LogP contribution in [-0.2, 0) is 0 Å². The lowest BCUT2D eigenvalue weighted by atomic mass is 9.77. The quantitative estimate of drug-likeness (QED) is 0.615. The molecule has 6 heteroatoms. The lowest BCUT2D eigenvalue weighted by molar-refractivity contribution is -0.121. The highest BCUT2D eigenvalue weighted by atomic mass is 19.3. The summed E-state index contributed by atoms with van der Waals surface area (Å²) in [5, 5.41) is 12.0. The van der Waals surface area contributed by atoms with Gasteiger partial charge in [0, 0.05) is 12.8 Å². The fourth-order valence-electron chi connectivity index (χ4n) is 2.40. The van der Waals surface area contributed by atoms with Gasteiger partial charge >= 0.3 is 0 Å². The van der Waals surface area contributed by atoms with Gasteiger partial charge in [0.05, 0.1) is 12.1 Å². The van der Waals surface area contributed by atoms with Gasteiger partial charge in [-0.25, -0.2) is 17.6 Å². The molecular formula is C9H13F4NO. The predicted octanol–water partition coefficient (Wildman–Crippen LogP) is 1.53. The fraction of sp³-hybridized carbons (Fsp3) is 1.00. The molecule has 0 aromatic carbocycles. The van der Waals surface area contributed by atoms with E-state index in [1.54, 1.807) is 0 Å². The zero-order valence-corrected chi connectivity index (χ0v) is 8.07. The van der Waals surface area contributed by atoms with Crippen LogP contribution < -0.4 is 5.32 Å². The van der Waals surface area contributed by atoms with E-state index in [1.165, 1.54) is 0 Å². The van der Waals surface area contributed by atoms with Crippen molar-refractivity contribution in [1.82, 2.24) is 5.32 Å². The van der Waals surface area contributed by atoms with E-state index in [0.29, 0.717) is 0 Å². The molecule has 0 aromatic heterocycles. The molecule has 2 N–H and O–H groups in total. The van der Waals surface area contributed by atoms with Crippen molar-refractivity contribution >= 4 is 0 Å². The average Bonchev–Trinajstić information content (AvgIpc) is 2.36. The zero-order valence-electron chi connectivity index (χ0n) is 8.07. The molecule has 1 heterocycles. The summed E-state index contributed by atoms with van der Waals surface area (Å²) >= 11 is 0. The van der Waals surface area contributed by atoms with Crippen molar-refractivity contribution in [3.05, 3.63) is 0 Å². The minimum absolute atomic E-state index is 0.100. The van der Waals surface area contributed by atoms with Gasteiger partial charge in [-0.3, -0.25) is 0 Å². The number of nitrogens with one attached hydrogen (secondary N) is 1. The lowest BCUT2D eigenvalue weighted by Gasteiger charge is -2.39. The van der Waals surface area contributed by atoms with E-state index in [1.807, 2.05) is 0 Å². The molecule has 0 aromatic rings. The summed E-state index contributed by atoms with van der Waals surface area (Å²) in [6.45, 7) is -0.625. The Hall–Kier alpha value is -0.360. The number of aliphatic hydroxyl groups excluding tert-OH is 1. The second kappa shape index (κ2) is 3.07. The normalized spacial score (nSPS) is 37.0. The molecule has 1 atom stereocenters. The summed E-state index contributed by atoms with van der Waals surface area (Å²) in [7, 11) is 0. The molecular weight excluding hydrogens is 214 g/mol. The third-order valence-electron chi connectivity index (χ3n) is 3.47. The maximum absolute atomic E-state index is 13.1. The largest absolute Gasteiger partial charge is 0.385 e. The van der Waals surface area contributed by atoms with E-state index in [2.05, 4.69) is 5.32 Å². The molecule has 2 nitrogen and oxygen atoms in total. The van der Waals surface area contributed by atoms with Crippen LogP contribution in [0.5, 0.6) is 0 Å². The summed E-state index contributed by atoms with van der Waals surface area (Å²) in [5.74, 6) is -5.98. The Balaban J connectivity index is 2.11. The maximum Gasteiger partial charge on any atom is 0.287 e. The molecule has 0 bridgehead atoms. The molecule has 1 aliphatic heterocycles. The topological polar surface area (TPSA) is 32.3 Å². The Morgan fingerprint density at radius 3 is 1.93 bits per heavy atom. The van der Waals surface area contributed by atoms with Crippen LogP contribution in [0.15, 0.2) is 0 Å². The standard InChI is InChI=1S/C9H13F4NO/c10-8(11)3-1-7(2-4-8)6(15)9(12,13)5-14-7/h6,14-15H,1-5H2. The van der Waals surface area contributed by atoms with Crippen molar-refractivity contribution in [2.75, 3.05) is 6.54 Å². The third kappa shape index (κ3) is 1.73. The zero-order chi connectivity index (χ0) is 11.3. The predicted molar refractivity (Wildman–Crippen MR) is 45.1 cm³/mol. The molecule has 0 radical (unpaired) electrons. The summed E-state index contributed by atoms with van der Waals surface area (Å²) in [6, 6.07) is 0. The number of alkyl halides is 4. The van der Waals surface area contributed by atoms with Gasteiger partial charge in [0.15, 0.2) is 0 Å². The summed E-state index contributed by atoms with van der Waals surface area (Å²) in [5.41, 5.74) is -1.20. The van der Waals surface area contributed by atoms with Gasteiger partial charge < -0.3 is 10.4 Å². The number of hydrogen-bond acceptors (Lipinski definition) is 2. The van der Waals surface area contributed by atoms with E-state index < -0.39 is 42.9 Å². The van der Waals surface area contributed by atoms with Crippen molar-refractivity contribution in [2.45, 2.75) is 49.2 Å². The molecule has 1 aliphatic carbocycles. The van der Waals surface area contributed by atoms with Crippen molar-refractivity contribution < 1.29 is 22.7 Å². The molecule has 15 heavy (non-hydrogen) atoms. The Kier molecular flexibility index (Phi) is 2.28. The van der Waals surface area contributed by atoms with Gasteiger partial charge in [0.25, 0.3) is 5.92 Å². The first-order valence-corrected chi connectivity index (χ1v) is 4.96. The van der Waals surface area contributed by atoms with Gasteiger partial charge in [0.2, 0.25) is 5.92 Å². The van der Waals surface area contributed by atoms with Crippen molar-refractivity contribution in [2.24, 2.45) is 0 Å². The third-order valence-corrected chi connectivity index (χ3v) is 3.47. The number of rotatable bonds is 0. The van der Waals surface area contributed by atoms with E-state index in [4.69, 9.17) is 0 Å². The summed E-state index contributed by atoms with van der Waals surface area (Å²) in [4.78, 5) is 0. The fourth-order valence-corrected chi connectivity index (χ4v) is 2.40. The SMILES string of the molecule is OC1C(F)(F)CNC12CCC(F)(F)CC2. The van der Waals surface area contributed by atoms with Gasteiger partial charge in [-0.15, -0.1) is 0 Å². The molecule has 1 unspecified atom stereocenters. The smallest absolute Gasteiger partial charge is 0.287 e. The molecule has 1 spiro atoms. The lowest BCUT2D eigenvalue weighted by Crippen LogP contribution is -2.54. The maximum atomic E-state index is 13.1. The van der Waals surface area contributed by atoms with Crippen LogP contribution in [0.3, 0.4) is 0 Å². The average molecular weight is 227 g/mol. The second-order valence-electron chi connectivity index (χ2n) is 4.53. The van der Waals surface area contributed by atoms with Crippen LogP contribution in [0, 0.1) is 0 Å². The minimum atomic E-state index is -3.20. The van der Waals surface area contributed by atoms with Gasteiger partial charge in [-0.05, 0) is 12.8 Å². The van der Waals surface area contributed by atoms with Crippen LogP contribution in [0.4, 0.5) is 17.6 Å². The van der Waals surface area contributed by atoms with Crippen LogP contribution in [-0.4, -0.2) is 35.1 Å².